The van der Waals surface area contributed by atoms with Gasteiger partial charge in [-0.2, -0.15) is 0 Å². The number of nitrogens with zero attached hydrogens (tertiary/aromatic N) is 4. The highest BCUT2D eigenvalue weighted by Crippen LogP contribution is 2.27. The minimum atomic E-state index is -0.113. The van der Waals surface area contributed by atoms with Gasteiger partial charge in [-0.05, 0) is 35.4 Å². The number of fused-ring (bicyclic) bond motifs is 1. The second-order valence-electron chi connectivity index (χ2n) is 8.49. The zero-order valence-corrected chi connectivity index (χ0v) is 18.8. The summed E-state index contributed by atoms with van der Waals surface area (Å²) in [5.74, 6) is 0.741. The van der Waals surface area contributed by atoms with Gasteiger partial charge < -0.3 is 20.2 Å². The minimum absolute atomic E-state index is 0.113. The van der Waals surface area contributed by atoms with Crippen LogP contribution >= 0.6 is 0 Å². The molecule has 170 valence electrons. The van der Waals surface area contributed by atoms with Gasteiger partial charge in [-0.25, -0.2) is 9.97 Å². The number of likely N-dealkylation sites (N-methyl/N-ethyl adjacent to an activating group) is 1. The molecule has 1 saturated heterocycles. The summed E-state index contributed by atoms with van der Waals surface area (Å²) >= 11 is 0. The van der Waals surface area contributed by atoms with E-state index in [0.717, 1.165) is 72.9 Å². The third-order valence-corrected chi connectivity index (χ3v) is 6.31. The van der Waals surface area contributed by atoms with Gasteiger partial charge in [0.2, 0.25) is 5.56 Å². The number of piperazine rings is 1. The molecule has 0 radical (unpaired) electrons. The van der Waals surface area contributed by atoms with E-state index >= 15 is 0 Å². The van der Waals surface area contributed by atoms with E-state index in [4.69, 9.17) is 0 Å². The second-order valence-corrected chi connectivity index (χ2v) is 8.49. The lowest BCUT2D eigenvalue weighted by atomic mass is 10.1. The fraction of sp³-hybridized carbons (Fsp3) is 0.320. The summed E-state index contributed by atoms with van der Waals surface area (Å²) in [6.07, 6.45) is 3.20. The molecule has 3 aromatic heterocycles. The van der Waals surface area contributed by atoms with E-state index in [-0.39, 0.29) is 5.56 Å². The average Bonchev–Trinajstić information content (AvgIpc) is 3.29. The lowest BCUT2D eigenvalue weighted by Gasteiger charge is -2.34. The molecule has 33 heavy (non-hydrogen) atoms. The molecular formula is C25H29N7O. The van der Waals surface area contributed by atoms with Crippen LogP contribution in [0.5, 0.6) is 0 Å². The molecule has 4 aromatic rings. The zero-order chi connectivity index (χ0) is 22.6. The summed E-state index contributed by atoms with van der Waals surface area (Å²) in [6.45, 7) is 9.44. The number of rotatable bonds is 7. The largest absolute Gasteiger partial charge is 0.365 e. The molecule has 0 aliphatic carbocycles. The fourth-order valence-electron chi connectivity index (χ4n) is 4.33. The van der Waals surface area contributed by atoms with Crippen LogP contribution in [0.3, 0.4) is 0 Å². The monoisotopic (exact) mass is 443 g/mol. The van der Waals surface area contributed by atoms with Crippen LogP contribution in [0.25, 0.3) is 22.3 Å². The van der Waals surface area contributed by atoms with E-state index in [1.165, 1.54) is 5.56 Å². The molecule has 1 aliphatic heterocycles. The molecule has 0 saturated carbocycles. The number of H-pyrrole nitrogens is 2. The van der Waals surface area contributed by atoms with Crippen molar-refractivity contribution < 1.29 is 0 Å². The van der Waals surface area contributed by atoms with Gasteiger partial charge in [0, 0.05) is 57.2 Å². The van der Waals surface area contributed by atoms with Crippen LogP contribution in [0.2, 0.25) is 0 Å². The smallest absolute Gasteiger partial charge is 0.248 e. The van der Waals surface area contributed by atoms with E-state index in [1.807, 2.05) is 6.07 Å². The number of aromatic nitrogens is 4. The van der Waals surface area contributed by atoms with Crippen molar-refractivity contribution in [2.24, 2.45) is 0 Å². The van der Waals surface area contributed by atoms with Gasteiger partial charge in [0.05, 0.1) is 5.39 Å². The average molecular weight is 444 g/mol. The Bertz CT molecular complexity index is 1270. The van der Waals surface area contributed by atoms with Gasteiger partial charge in [-0.3, -0.25) is 9.69 Å². The van der Waals surface area contributed by atoms with Crippen LogP contribution in [0, 0.1) is 0 Å². The Balaban J connectivity index is 1.29. The standard InChI is InChI=1S/C25H29N7O/c1-2-31-9-11-32(12-10-31)16-18-3-5-20(6-4-18)22-14-21-24(28-17-29-25(21)30-22)27-15-19-7-8-26-23(33)13-19/h3-8,13-14,17H,2,9-12,15-16H2,1H3,(H,26,33)(H2,27,28,29,30). The highest BCUT2D eigenvalue weighted by atomic mass is 16.1. The number of hydrogen-bond donors (Lipinski definition) is 3. The third-order valence-electron chi connectivity index (χ3n) is 6.31. The topological polar surface area (TPSA) is 92.9 Å². The number of aromatic amines is 2. The van der Waals surface area contributed by atoms with Gasteiger partial charge >= 0.3 is 0 Å². The molecule has 1 aromatic carbocycles. The first-order valence-corrected chi connectivity index (χ1v) is 11.5. The predicted octanol–water partition coefficient (Wildman–Crippen LogP) is 3.06. The zero-order valence-electron chi connectivity index (χ0n) is 18.8. The molecule has 1 fully saturated rings. The highest BCUT2D eigenvalue weighted by molar-refractivity contribution is 5.91. The summed E-state index contributed by atoms with van der Waals surface area (Å²) in [5, 5.41) is 4.25. The Morgan fingerprint density at radius 2 is 1.76 bits per heavy atom. The number of nitrogens with one attached hydrogen (secondary N) is 3. The first kappa shape index (κ1) is 21.4. The molecule has 0 unspecified atom stereocenters. The second kappa shape index (κ2) is 9.56. The number of benzene rings is 1. The van der Waals surface area contributed by atoms with Crippen molar-refractivity contribution >= 4 is 16.9 Å². The molecule has 0 bridgehead atoms. The summed E-state index contributed by atoms with van der Waals surface area (Å²) in [6, 6.07) is 14.3. The Morgan fingerprint density at radius 1 is 0.970 bits per heavy atom. The van der Waals surface area contributed by atoms with Crippen molar-refractivity contribution in [2.45, 2.75) is 20.0 Å². The lowest BCUT2D eigenvalue weighted by Crippen LogP contribution is -2.45. The first-order chi connectivity index (χ1) is 16.2. The van der Waals surface area contributed by atoms with Crippen LogP contribution < -0.4 is 10.9 Å². The lowest BCUT2D eigenvalue weighted by molar-refractivity contribution is 0.132. The Morgan fingerprint density at radius 3 is 2.52 bits per heavy atom. The molecule has 5 rings (SSSR count). The number of anilines is 1. The highest BCUT2D eigenvalue weighted by Gasteiger charge is 2.15. The van der Waals surface area contributed by atoms with E-state index in [1.54, 1.807) is 18.6 Å². The normalized spacial score (nSPS) is 15.2. The Labute approximate surface area is 192 Å². The SMILES string of the molecule is CCN1CCN(Cc2ccc(-c3cc4c(NCc5cc[nH]c(=O)c5)ncnc4[nH]3)cc2)CC1. The van der Waals surface area contributed by atoms with Gasteiger partial charge in [-0.15, -0.1) is 0 Å². The molecule has 8 heteroatoms. The van der Waals surface area contributed by atoms with Crippen molar-refractivity contribution in [1.82, 2.24) is 29.7 Å². The van der Waals surface area contributed by atoms with Crippen molar-refractivity contribution in [2.75, 3.05) is 38.0 Å². The van der Waals surface area contributed by atoms with Gasteiger partial charge in [0.15, 0.2) is 0 Å². The van der Waals surface area contributed by atoms with Crippen molar-refractivity contribution in [1.29, 1.82) is 0 Å². The maximum absolute atomic E-state index is 11.5. The van der Waals surface area contributed by atoms with Crippen molar-refractivity contribution in [3.8, 4) is 11.3 Å². The molecule has 3 N–H and O–H groups in total. The fourth-order valence-corrected chi connectivity index (χ4v) is 4.33. The van der Waals surface area contributed by atoms with Crippen molar-refractivity contribution in [3.05, 3.63) is 76.5 Å². The molecule has 0 atom stereocenters. The molecule has 4 heterocycles. The van der Waals surface area contributed by atoms with E-state index in [9.17, 15) is 4.79 Å². The maximum Gasteiger partial charge on any atom is 0.248 e. The van der Waals surface area contributed by atoms with E-state index in [0.29, 0.717) is 6.54 Å². The van der Waals surface area contributed by atoms with Crippen LogP contribution in [0.1, 0.15) is 18.1 Å². The summed E-state index contributed by atoms with van der Waals surface area (Å²) in [7, 11) is 0. The molecule has 0 spiro atoms. The number of hydrogen-bond acceptors (Lipinski definition) is 6. The van der Waals surface area contributed by atoms with Crippen LogP contribution in [-0.4, -0.2) is 62.5 Å². The quantitative estimate of drug-likeness (QED) is 0.407. The predicted molar refractivity (Wildman–Crippen MR) is 131 cm³/mol. The molecular weight excluding hydrogens is 414 g/mol. The molecule has 0 amide bonds. The van der Waals surface area contributed by atoms with Gasteiger partial charge in [-0.1, -0.05) is 31.2 Å². The summed E-state index contributed by atoms with van der Waals surface area (Å²) in [5.41, 5.74) is 5.03. The summed E-state index contributed by atoms with van der Waals surface area (Å²) in [4.78, 5) is 31.4. The first-order valence-electron chi connectivity index (χ1n) is 11.5. The number of pyridine rings is 1. The van der Waals surface area contributed by atoms with Gasteiger partial charge in [0.1, 0.15) is 17.8 Å². The molecule has 8 nitrogen and oxygen atoms in total. The Hall–Kier alpha value is -3.49. The van der Waals surface area contributed by atoms with Gasteiger partial charge in [0.25, 0.3) is 0 Å². The molecule has 1 aliphatic rings. The maximum atomic E-state index is 11.5. The van der Waals surface area contributed by atoms with Crippen molar-refractivity contribution in [3.63, 3.8) is 0 Å². The summed E-state index contributed by atoms with van der Waals surface area (Å²) < 4.78 is 0. The minimum Gasteiger partial charge on any atom is -0.365 e. The van der Waals surface area contributed by atoms with Crippen LogP contribution in [-0.2, 0) is 13.1 Å². The van der Waals surface area contributed by atoms with Crippen LogP contribution in [0.4, 0.5) is 5.82 Å². The van der Waals surface area contributed by atoms with Crippen LogP contribution in [0.15, 0.2) is 59.8 Å². The third kappa shape index (κ3) is 4.97. The van der Waals surface area contributed by atoms with E-state index < -0.39 is 0 Å². The van der Waals surface area contributed by atoms with E-state index in [2.05, 4.69) is 72.3 Å². The Kier molecular flexibility index (Phi) is 6.19.